The van der Waals surface area contributed by atoms with E-state index in [1.54, 1.807) is 36.3 Å². The number of carbonyl (C=O) groups is 1. The maximum atomic E-state index is 12.8. The zero-order valence-electron chi connectivity index (χ0n) is 21.2. The second-order valence-electron chi connectivity index (χ2n) is 9.90. The third-order valence-electron chi connectivity index (χ3n) is 7.54. The lowest BCUT2D eigenvalue weighted by Crippen LogP contribution is -2.26. The summed E-state index contributed by atoms with van der Waals surface area (Å²) in [5.41, 5.74) is 4.03. The summed E-state index contributed by atoms with van der Waals surface area (Å²) in [6.07, 6.45) is 4.81. The topological polar surface area (TPSA) is 116 Å². The molecule has 2 aliphatic rings. The number of piperidine rings is 1. The minimum absolute atomic E-state index is 0.233. The molecule has 1 saturated carbocycles. The molecular weight excluding hydrogens is 506 g/mol. The van der Waals surface area contributed by atoms with Crippen LogP contribution in [0.1, 0.15) is 27.2 Å². The van der Waals surface area contributed by atoms with E-state index in [1.165, 1.54) is 11.0 Å². The molecule has 1 aliphatic carbocycles. The van der Waals surface area contributed by atoms with Crippen LogP contribution in [-0.2, 0) is 17.8 Å². The molecule has 1 N–H and O–H groups in total. The first-order valence-corrected chi connectivity index (χ1v) is 12.9. The zero-order valence-corrected chi connectivity index (χ0v) is 21.9. The molecule has 3 aromatic heterocycles. The van der Waals surface area contributed by atoms with E-state index >= 15 is 0 Å². The van der Waals surface area contributed by atoms with Gasteiger partial charge in [0.15, 0.2) is 0 Å². The number of nitrogens with one attached hydrogen (secondary N) is 1. The van der Waals surface area contributed by atoms with Crippen molar-refractivity contribution < 1.29 is 9.53 Å². The molecular formula is C26H28ClN9O2. The number of amides is 1. The third kappa shape index (κ3) is 4.86. The van der Waals surface area contributed by atoms with Crippen LogP contribution in [0.2, 0.25) is 5.02 Å². The van der Waals surface area contributed by atoms with Crippen LogP contribution in [0.4, 0.5) is 5.82 Å². The van der Waals surface area contributed by atoms with E-state index < -0.39 is 0 Å². The first-order valence-electron chi connectivity index (χ1n) is 12.5. The van der Waals surface area contributed by atoms with E-state index in [4.69, 9.17) is 21.3 Å². The summed E-state index contributed by atoms with van der Waals surface area (Å²) >= 11 is 6.18. The summed E-state index contributed by atoms with van der Waals surface area (Å²) in [4.78, 5) is 20.1. The van der Waals surface area contributed by atoms with Gasteiger partial charge in [-0.2, -0.15) is 5.10 Å². The van der Waals surface area contributed by atoms with Crippen molar-refractivity contribution in [1.82, 2.24) is 40.3 Å². The van der Waals surface area contributed by atoms with Crippen LogP contribution in [0.5, 0.6) is 0 Å². The number of carbonyl (C=O) groups excluding carboxylic acids is 1. The van der Waals surface area contributed by atoms with Crippen LogP contribution in [0, 0.1) is 24.7 Å². The van der Waals surface area contributed by atoms with E-state index in [2.05, 4.69) is 43.0 Å². The van der Waals surface area contributed by atoms with E-state index in [0.29, 0.717) is 23.0 Å². The van der Waals surface area contributed by atoms with Gasteiger partial charge in [0.2, 0.25) is 0 Å². The van der Waals surface area contributed by atoms with E-state index in [9.17, 15) is 4.79 Å². The fourth-order valence-electron chi connectivity index (χ4n) is 5.41. The predicted molar refractivity (Wildman–Crippen MR) is 140 cm³/mol. The number of hydrogen-bond acceptors (Lipinski definition) is 8. The van der Waals surface area contributed by atoms with E-state index in [-0.39, 0.29) is 12.5 Å². The lowest BCUT2D eigenvalue weighted by atomic mass is 10.1. The number of tetrazole rings is 1. The van der Waals surface area contributed by atoms with Gasteiger partial charge in [-0.3, -0.25) is 9.48 Å². The molecule has 4 heterocycles. The maximum absolute atomic E-state index is 12.8. The van der Waals surface area contributed by atoms with Crippen LogP contribution in [0.15, 0.2) is 49.1 Å². The first-order chi connectivity index (χ1) is 18.5. The van der Waals surface area contributed by atoms with Crippen molar-refractivity contribution in [2.24, 2.45) is 17.8 Å². The fourth-order valence-corrected chi connectivity index (χ4v) is 5.60. The van der Waals surface area contributed by atoms with Gasteiger partial charge in [0.05, 0.1) is 24.0 Å². The highest BCUT2D eigenvalue weighted by atomic mass is 35.5. The predicted octanol–water partition coefficient (Wildman–Crippen LogP) is 2.52. The highest BCUT2D eigenvalue weighted by molar-refractivity contribution is 6.30. The molecule has 1 aliphatic heterocycles. The van der Waals surface area contributed by atoms with Crippen molar-refractivity contribution >= 4 is 23.3 Å². The second-order valence-corrected chi connectivity index (χ2v) is 10.3. The normalized spacial score (nSPS) is 20.0. The summed E-state index contributed by atoms with van der Waals surface area (Å²) in [6, 6.07) is 9.54. The zero-order chi connectivity index (χ0) is 26.2. The largest absolute Gasteiger partial charge is 0.384 e. The standard InChI is InChI=1S/C26H28ClN9O2/c1-16-17(3-6-25(31-16)34-12-21-22(13-34)23(21)14-38-2)10-35-11-19(9-30-35)26(37)28-8-18-7-20(27)4-5-24(18)36-15-29-32-33-36/h3-7,9,11,15,21-23H,8,10,12-14H2,1-2H3,(H,28,37). The highest BCUT2D eigenvalue weighted by Crippen LogP contribution is 2.52. The van der Waals surface area contributed by atoms with Gasteiger partial charge in [-0.05, 0) is 70.5 Å². The van der Waals surface area contributed by atoms with Crippen LogP contribution in [0.3, 0.4) is 0 Å². The van der Waals surface area contributed by atoms with Gasteiger partial charge in [0.1, 0.15) is 12.1 Å². The molecule has 1 amide bonds. The molecule has 6 rings (SSSR count). The molecule has 1 saturated heterocycles. The number of rotatable bonds is 9. The number of aromatic nitrogens is 7. The summed E-state index contributed by atoms with van der Waals surface area (Å²) in [6.45, 7) is 5.78. The average molecular weight is 534 g/mol. The second kappa shape index (κ2) is 10.1. The van der Waals surface area contributed by atoms with Crippen LogP contribution in [0.25, 0.3) is 5.69 Å². The molecule has 4 aromatic rings. The number of methoxy groups -OCH3 is 1. The minimum atomic E-state index is -0.233. The SMILES string of the molecule is COCC1C2CN(c3ccc(Cn4cc(C(=O)NCc5cc(Cl)ccc5-n5cnnn5)cn4)c(C)n3)CC12. The monoisotopic (exact) mass is 533 g/mol. The summed E-state index contributed by atoms with van der Waals surface area (Å²) < 4.78 is 8.61. The first kappa shape index (κ1) is 24.5. The number of fused-ring (bicyclic) bond motifs is 1. The Balaban J connectivity index is 1.07. The Morgan fingerprint density at radius 2 is 2.03 bits per heavy atom. The average Bonchev–Trinajstić information content (AvgIpc) is 3.45. The molecule has 0 spiro atoms. The van der Waals surface area contributed by atoms with Crippen LogP contribution < -0.4 is 10.2 Å². The molecule has 12 heteroatoms. The Bertz CT molecular complexity index is 1440. The number of aryl methyl sites for hydroxylation is 1. The smallest absolute Gasteiger partial charge is 0.254 e. The van der Waals surface area contributed by atoms with Crippen molar-refractivity contribution in [3.8, 4) is 5.69 Å². The number of benzene rings is 1. The lowest BCUT2D eigenvalue weighted by Gasteiger charge is -2.21. The highest BCUT2D eigenvalue weighted by Gasteiger charge is 2.55. The molecule has 196 valence electrons. The Morgan fingerprint density at radius 1 is 1.18 bits per heavy atom. The minimum Gasteiger partial charge on any atom is -0.384 e. The molecule has 0 bridgehead atoms. The Kier molecular flexibility index (Phi) is 6.54. The summed E-state index contributed by atoms with van der Waals surface area (Å²) in [7, 11) is 1.78. The Morgan fingerprint density at radius 3 is 2.76 bits per heavy atom. The molecule has 2 unspecified atom stereocenters. The molecule has 11 nitrogen and oxygen atoms in total. The molecule has 1 aromatic carbocycles. The Labute approximate surface area is 224 Å². The quantitative estimate of drug-likeness (QED) is 0.349. The summed E-state index contributed by atoms with van der Waals surface area (Å²) in [5, 5.41) is 19.2. The van der Waals surface area contributed by atoms with Gasteiger partial charge in [-0.1, -0.05) is 17.7 Å². The fraction of sp³-hybridized carbons (Fsp3) is 0.385. The van der Waals surface area contributed by atoms with Gasteiger partial charge in [0, 0.05) is 50.3 Å². The number of nitrogens with zero attached hydrogens (tertiary/aromatic N) is 8. The third-order valence-corrected chi connectivity index (χ3v) is 7.77. The van der Waals surface area contributed by atoms with Crippen molar-refractivity contribution in [2.75, 3.05) is 31.7 Å². The van der Waals surface area contributed by atoms with Crippen LogP contribution >= 0.6 is 11.6 Å². The molecule has 2 fully saturated rings. The lowest BCUT2D eigenvalue weighted by molar-refractivity contribution is 0.0951. The van der Waals surface area contributed by atoms with Gasteiger partial charge >= 0.3 is 0 Å². The van der Waals surface area contributed by atoms with Crippen molar-refractivity contribution in [3.63, 3.8) is 0 Å². The van der Waals surface area contributed by atoms with E-state index in [1.807, 2.05) is 13.0 Å². The Hall–Kier alpha value is -3.83. The number of hydrogen-bond donors (Lipinski definition) is 1. The van der Waals surface area contributed by atoms with Crippen molar-refractivity contribution in [2.45, 2.75) is 20.0 Å². The number of ether oxygens (including phenoxy) is 1. The maximum Gasteiger partial charge on any atom is 0.254 e. The van der Waals surface area contributed by atoms with Gasteiger partial charge < -0.3 is 15.0 Å². The number of anilines is 1. The molecule has 0 radical (unpaired) electrons. The molecule has 38 heavy (non-hydrogen) atoms. The van der Waals surface area contributed by atoms with Crippen molar-refractivity contribution in [3.05, 3.63) is 76.5 Å². The van der Waals surface area contributed by atoms with Crippen molar-refractivity contribution in [1.29, 1.82) is 0 Å². The number of pyridine rings is 1. The van der Waals surface area contributed by atoms with Crippen LogP contribution in [-0.4, -0.2) is 67.7 Å². The van der Waals surface area contributed by atoms with Gasteiger partial charge in [-0.25, -0.2) is 9.67 Å². The molecule has 2 atom stereocenters. The van der Waals surface area contributed by atoms with Gasteiger partial charge in [0.25, 0.3) is 5.91 Å². The summed E-state index contributed by atoms with van der Waals surface area (Å²) in [5.74, 6) is 2.97. The van der Waals surface area contributed by atoms with E-state index in [0.717, 1.165) is 59.9 Å². The number of halogens is 1. The van der Waals surface area contributed by atoms with Gasteiger partial charge in [-0.15, -0.1) is 5.10 Å².